The largest absolute Gasteiger partial charge is 0.469 e. The summed E-state index contributed by atoms with van der Waals surface area (Å²) in [4.78, 5) is 41.1. The second-order valence-corrected chi connectivity index (χ2v) is 7.38. The number of carbonyl (C=O) groups is 3. The van der Waals surface area contributed by atoms with E-state index >= 15 is 0 Å². The molecule has 0 unspecified atom stereocenters. The minimum absolute atomic E-state index is 0.0786. The van der Waals surface area contributed by atoms with Gasteiger partial charge in [0.05, 0.1) is 37.2 Å². The standard InChI is InChI=1S/C22H28N2O6/c1-3-28-22(27)17-6-4-10-23(14-17)20(25)8-11-24(15-18-7-5-12-30-18)21(26)19-9-13-29-16(19)2/h5,7,9,12-13,17H,3-4,6,8,10-11,14-15H2,1-2H3/t17-/m1/s1. The molecular formula is C22H28N2O6. The molecule has 1 saturated heterocycles. The smallest absolute Gasteiger partial charge is 0.310 e. The summed E-state index contributed by atoms with van der Waals surface area (Å²) in [6.45, 7) is 5.31. The van der Waals surface area contributed by atoms with Crippen LogP contribution in [-0.4, -0.2) is 53.8 Å². The number of hydrogen-bond acceptors (Lipinski definition) is 6. The van der Waals surface area contributed by atoms with Crippen molar-refractivity contribution in [3.63, 3.8) is 0 Å². The van der Waals surface area contributed by atoms with Crippen molar-refractivity contribution >= 4 is 17.8 Å². The fraction of sp³-hybridized carbons (Fsp3) is 0.500. The first-order chi connectivity index (χ1) is 14.5. The Kier molecular flexibility index (Phi) is 7.32. The third-order valence-electron chi connectivity index (χ3n) is 5.29. The van der Waals surface area contributed by atoms with Gasteiger partial charge in [0.1, 0.15) is 11.5 Å². The average Bonchev–Trinajstić information content (AvgIpc) is 3.42. The highest BCUT2D eigenvalue weighted by atomic mass is 16.5. The number of hydrogen-bond donors (Lipinski definition) is 0. The van der Waals surface area contributed by atoms with Gasteiger partial charge in [-0.15, -0.1) is 0 Å². The van der Waals surface area contributed by atoms with Crippen LogP contribution in [0.3, 0.4) is 0 Å². The molecule has 1 aliphatic rings. The number of amides is 2. The van der Waals surface area contributed by atoms with Gasteiger partial charge in [-0.05, 0) is 44.9 Å². The van der Waals surface area contributed by atoms with Crippen molar-refractivity contribution in [3.05, 3.63) is 47.8 Å². The van der Waals surface area contributed by atoms with Crippen LogP contribution in [0.2, 0.25) is 0 Å². The Morgan fingerprint density at radius 3 is 2.73 bits per heavy atom. The van der Waals surface area contributed by atoms with Gasteiger partial charge >= 0.3 is 5.97 Å². The van der Waals surface area contributed by atoms with E-state index < -0.39 is 0 Å². The molecule has 0 N–H and O–H groups in total. The molecule has 8 heteroatoms. The fourth-order valence-corrected chi connectivity index (χ4v) is 3.67. The maximum absolute atomic E-state index is 13.0. The van der Waals surface area contributed by atoms with E-state index in [0.29, 0.717) is 36.8 Å². The van der Waals surface area contributed by atoms with Crippen molar-refractivity contribution in [1.82, 2.24) is 9.80 Å². The van der Waals surface area contributed by atoms with Crippen molar-refractivity contribution in [1.29, 1.82) is 0 Å². The second kappa shape index (κ2) is 10.1. The predicted molar refractivity (Wildman–Crippen MR) is 107 cm³/mol. The highest BCUT2D eigenvalue weighted by molar-refractivity contribution is 5.95. The number of likely N-dealkylation sites (tertiary alicyclic amines) is 1. The summed E-state index contributed by atoms with van der Waals surface area (Å²) in [5.41, 5.74) is 0.467. The van der Waals surface area contributed by atoms with Gasteiger partial charge in [0.2, 0.25) is 5.91 Å². The van der Waals surface area contributed by atoms with Crippen LogP contribution in [0, 0.1) is 12.8 Å². The van der Waals surface area contributed by atoms with Crippen LogP contribution in [0.1, 0.15) is 48.1 Å². The molecule has 30 heavy (non-hydrogen) atoms. The van der Waals surface area contributed by atoms with E-state index in [1.165, 1.54) is 6.26 Å². The third kappa shape index (κ3) is 5.31. The van der Waals surface area contributed by atoms with E-state index in [0.717, 1.165) is 12.8 Å². The molecule has 8 nitrogen and oxygen atoms in total. The monoisotopic (exact) mass is 416 g/mol. The Balaban J connectivity index is 1.63. The molecule has 0 bridgehead atoms. The zero-order chi connectivity index (χ0) is 21.5. The Hall–Kier alpha value is -3.03. The molecule has 0 saturated carbocycles. The summed E-state index contributed by atoms with van der Waals surface area (Å²) < 4.78 is 15.7. The lowest BCUT2D eigenvalue weighted by Crippen LogP contribution is -2.44. The maximum Gasteiger partial charge on any atom is 0.310 e. The Morgan fingerprint density at radius 2 is 2.07 bits per heavy atom. The average molecular weight is 416 g/mol. The number of ether oxygens (including phenoxy) is 1. The first-order valence-electron chi connectivity index (χ1n) is 10.3. The number of rotatable bonds is 8. The number of piperidine rings is 1. The molecule has 2 aromatic rings. The number of aryl methyl sites for hydroxylation is 1. The van der Waals surface area contributed by atoms with Gasteiger partial charge in [-0.3, -0.25) is 14.4 Å². The van der Waals surface area contributed by atoms with Crippen LogP contribution in [0.15, 0.2) is 39.6 Å². The number of nitrogens with zero attached hydrogens (tertiary/aromatic N) is 2. The molecule has 1 fully saturated rings. The summed E-state index contributed by atoms with van der Waals surface area (Å²) in [7, 11) is 0. The SMILES string of the molecule is CCOC(=O)[C@@H]1CCCN(C(=O)CCN(Cc2ccco2)C(=O)c2ccoc2C)C1. The van der Waals surface area contributed by atoms with Crippen LogP contribution in [0.4, 0.5) is 0 Å². The van der Waals surface area contributed by atoms with E-state index in [2.05, 4.69) is 0 Å². The molecule has 3 heterocycles. The third-order valence-corrected chi connectivity index (χ3v) is 5.29. The molecule has 0 aromatic carbocycles. The minimum atomic E-state index is -0.280. The van der Waals surface area contributed by atoms with Crippen LogP contribution in [0.25, 0.3) is 0 Å². The van der Waals surface area contributed by atoms with Crippen molar-refractivity contribution in [2.75, 3.05) is 26.2 Å². The zero-order valence-electron chi connectivity index (χ0n) is 17.5. The maximum atomic E-state index is 13.0. The van der Waals surface area contributed by atoms with Crippen molar-refractivity contribution < 1.29 is 28.0 Å². The van der Waals surface area contributed by atoms with Crippen LogP contribution in [0.5, 0.6) is 0 Å². The van der Waals surface area contributed by atoms with Gasteiger partial charge < -0.3 is 23.4 Å². The summed E-state index contributed by atoms with van der Waals surface area (Å²) >= 11 is 0. The van der Waals surface area contributed by atoms with Gasteiger partial charge in [0, 0.05) is 26.1 Å². The van der Waals surface area contributed by atoms with E-state index in [1.807, 2.05) is 0 Å². The molecule has 1 atom stereocenters. The fourth-order valence-electron chi connectivity index (χ4n) is 3.67. The first-order valence-corrected chi connectivity index (χ1v) is 10.3. The summed E-state index contributed by atoms with van der Waals surface area (Å²) in [5, 5.41) is 0. The number of furan rings is 2. The van der Waals surface area contributed by atoms with Crippen LogP contribution < -0.4 is 0 Å². The Labute approximate surface area is 175 Å². The van der Waals surface area contributed by atoms with Gasteiger partial charge in [0.15, 0.2) is 0 Å². The topological polar surface area (TPSA) is 93.2 Å². The molecule has 2 amide bonds. The summed E-state index contributed by atoms with van der Waals surface area (Å²) in [5.74, 6) is 0.345. The Bertz CT molecular complexity index is 857. The first kappa shape index (κ1) is 21.7. The lowest BCUT2D eigenvalue weighted by Gasteiger charge is -2.32. The molecule has 3 rings (SSSR count). The number of esters is 1. The molecule has 1 aliphatic heterocycles. The van der Waals surface area contributed by atoms with E-state index in [4.69, 9.17) is 13.6 Å². The second-order valence-electron chi connectivity index (χ2n) is 7.38. The lowest BCUT2D eigenvalue weighted by atomic mass is 9.98. The lowest BCUT2D eigenvalue weighted by molar-refractivity contribution is -0.151. The van der Waals surface area contributed by atoms with Crippen molar-refractivity contribution in [2.24, 2.45) is 5.92 Å². The number of carbonyl (C=O) groups excluding carboxylic acids is 3. The Morgan fingerprint density at radius 1 is 1.23 bits per heavy atom. The van der Waals surface area contributed by atoms with Gasteiger partial charge in [-0.1, -0.05) is 0 Å². The molecule has 0 aliphatic carbocycles. The normalized spacial score (nSPS) is 16.3. The molecule has 162 valence electrons. The van der Waals surface area contributed by atoms with Crippen LogP contribution in [-0.2, 0) is 20.9 Å². The van der Waals surface area contributed by atoms with Crippen molar-refractivity contribution in [3.8, 4) is 0 Å². The quantitative estimate of drug-likeness (QED) is 0.614. The molecular weight excluding hydrogens is 388 g/mol. The molecule has 0 spiro atoms. The van der Waals surface area contributed by atoms with Crippen molar-refractivity contribution in [2.45, 2.75) is 39.7 Å². The molecule has 0 radical (unpaired) electrons. The molecule has 2 aromatic heterocycles. The van der Waals surface area contributed by atoms with E-state index in [-0.39, 0.29) is 43.2 Å². The van der Waals surface area contributed by atoms with Gasteiger partial charge in [0.25, 0.3) is 5.91 Å². The summed E-state index contributed by atoms with van der Waals surface area (Å²) in [6.07, 6.45) is 4.68. The zero-order valence-corrected chi connectivity index (χ0v) is 17.5. The van der Waals surface area contributed by atoms with E-state index in [1.54, 1.807) is 48.1 Å². The highest BCUT2D eigenvalue weighted by Crippen LogP contribution is 2.20. The van der Waals surface area contributed by atoms with Gasteiger partial charge in [-0.2, -0.15) is 0 Å². The van der Waals surface area contributed by atoms with Gasteiger partial charge in [-0.25, -0.2) is 0 Å². The predicted octanol–water partition coefficient (Wildman–Crippen LogP) is 3.02. The van der Waals surface area contributed by atoms with E-state index in [9.17, 15) is 14.4 Å². The van der Waals surface area contributed by atoms with Crippen LogP contribution >= 0.6 is 0 Å². The highest BCUT2D eigenvalue weighted by Gasteiger charge is 2.30. The minimum Gasteiger partial charge on any atom is -0.469 e. The summed E-state index contributed by atoms with van der Waals surface area (Å²) in [6, 6.07) is 5.18.